The van der Waals surface area contributed by atoms with Crippen molar-refractivity contribution < 1.29 is 10.5 Å². The fourth-order valence-corrected chi connectivity index (χ4v) is 0.395. The predicted octanol–water partition coefficient (Wildman–Crippen LogP) is -0.843. The lowest BCUT2D eigenvalue weighted by Crippen LogP contribution is -2.54. The topological polar surface area (TPSA) is 48.0 Å². The third kappa shape index (κ3) is 5.30. The second kappa shape index (κ2) is 5.56. The van der Waals surface area contributed by atoms with Gasteiger partial charge >= 0.3 is 0 Å². The zero-order valence-corrected chi connectivity index (χ0v) is 6.48. The van der Waals surface area contributed by atoms with Crippen LogP contribution in [-0.2, 0) is 4.79 Å². The van der Waals surface area contributed by atoms with Gasteiger partial charge in [-0.15, -0.1) is 0 Å². The first-order chi connectivity index (χ1) is 3.68. The Morgan fingerprint density at radius 1 is 1.67 bits per heavy atom. The predicted molar refractivity (Wildman–Crippen MR) is 37.5 cm³/mol. The Hall–Kier alpha value is -0.570. The molecule has 1 amide bonds. The summed E-state index contributed by atoms with van der Waals surface area (Å²) in [7, 11) is 1.77. The van der Waals surface area contributed by atoms with Crippen LogP contribution in [0.4, 0.5) is 0 Å². The van der Waals surface area contributed by atoms with Gasteiger partial charge in [0.05, 0.1) is 13.1 Å². The number of quaternary nitrogens is 1. The van der Waals surface area contributed by atoms with E-state index >= 15 is 0 Å². The minimum absolute atomic E-state index is 0. The van der Waals surface area contributed by atoms with Crippen molar-refractivity contribution in [3.8, 4) is 0 Å². The molecule has 0 aliphatic carbocycles. The van der Waals surface area contributed by atoms with E-state index in [0.29, 0.717) is 0 Å². The summed E-state index contributed by atoms with van der Waals surface area (Å²) in [5.74, 6) is 0.105. The third-order valence-corrected chi connectivity index (χ3v) is 1.03. The SMILES string of the molecule is CC(=O)N(C)CC[NH3+].[CH3-]. The standard InChI is InChI=1S/C5H12N2O.CH3/c1-5(8)7(2)4-3-6;/h3-4,6H2,1-2H3;1H3/q;-1/p+1. The quantitative estimate of drug-likeness (QED) is 0.489. The second-order valence-corrected chi connectivity index (χ2v) is 1.79. The Morgan fingerprint density at radius 3 is 2.22 bits per heavy atom. The lowest BCUT2D eigenvalue weighted by atomic mass is 10.5. The van der Waals surface area contributed by atoms with Crippen LogP contribution < -0.4 is 5.73 Å². The van der Waals surface area contributed by atoms with Gasteiger partial charge in [-0.05, 0) is 0 Å². The van der Waals surface area contributed by atoms with Crippen molar-refractivity contribution in [1.29, 1.82) is 0 Å². The van der Waals surface area contributed by atoms with Crippen molar-refractivity contribution in [2.45, 2.75) is 6.92 Å². The van der Waals surface area contributed by atoms with Crippen molar-refractivity contribution in [1.82, 2.24) is 4.90 Å². The third-order valence-electron chi connectivity index (χ3n) is 1.03. The maximum absolute atomic E-state index is 10.4. The van der Waals surface area contributed by atoms with Gasteiger partial charge < -0.3 is 18.1 Å². The van der Waals surface area contributed by atoms with Gasteiger partial charge in [0.1, 0.15) is 0 Å². The molecule has 9 heavy (non-hydrogen) atoms. The lowest BCUT2D eigenvalue weighted by Gasteiger charge is -2.10. The second-order valence-electron chi connectivity index (χ2n) is 1.79. The highest BCUT2D eigenvalue weighted by molar-refractivity contribution is 5.72. The van der Waals surface area contributed by atoms with Crippen molar-refractivity contribution in [2.24, 2.45) is 0 Å². The summed E-state index contributed by atoms with van der Waals surface area (Å²) in [5.41, 5.74) is 3.61. The lowest BCUT2D eigenvalue weighted by molar-refractivity contribution is -0.367. The van der Waals surface area contributed by atoms with Crippen LogP contribution in [0.3, 0.4) is 0 Å². The Balaban J connectivity index is 0. The molecule has 3 N–H and O–H groups in total. The van der Waals surface area contributed by atoms with Crippen LogP contribution in [0.15, 0.2) is 0 Å². The molecule has 0 bridgehead atoms. The number of carbonyl (C=O) groups excluding carboxylic acids is 1. The highest BCUT2D eigenvalue weighted by atomic mass is 16.2. The molecule has 0 saturated heterocycles. The maximum atomic E-state index is 10.4. The smallest absolute Gasteiger partial charge is 0.219 e. The zero-order valence-electron chi connectivity index (χ0n) is 6.48. The van der Waals surface area contributed by atoms with Crippen molar-refractivity contribution >= 4 is 5.91 Å². The van der Waals surface area contributed by atoms with E-state index in [2.05, 4.69) is 5.73 Å². The molecular formula is C6H16N2O. The van der Waals surface area contributed by atoms with E-state index in [1.807, 2.05) is 0 Å². The van der Waals surface area contributed by atoms with E-state index in [-0.39, 0.29) is 13.3 Å². The van der Waals surface area contributed by atoms with Gasteiger partial charge in [-0.1, -0.05) is 0 Å². The molecule has 0 rings (SSSR count). The average molecular weight is 132 g/mol. The molecule has 0 aliphatic rings. The molecule has 3 heteroatoms. The summed E-state index contributed by atoms with van der Waals surface area (Å²) in [6, 6.07) is 0. The van der Waals surface area contributed by atoms with Crippen LogP contribution in [0.5, 0.6) is 0 Å². The number of rotatable bonds is 2. The summed E-state index contributed by atoms with van der Waals surface area (Å²) < 4.78 is 0. The normalized spacial score (nSPS) is 7.89. The first-order valence-corrected chi connectivity index (χ1v) is 2.69. The van der Waals surface area contributed by atoms with Crippen LogP contribution in [0.1, 0.15) is 6.92 Å². The molecule has 0 saturated carbocycles. The van der Waals surface area contributed by atoms with Crippen molar-refractivity contribution in [3.63, 3.8) is 0 Å². The van der Waals surface area contributed by atoms with Gasteiger partial charge in [-0.3, -0.25) is 4.79 Å². The molecule has 0 aromatic rings. The van der Waals surface area contributed by atoms with E-state index in [0.717, 1.165) is 13.1 Å². The molecule has 0 aliphatic heterocycles. The molecule has 56 valence electrons. The Morgan fingerprint density at radius 2 is 2.11 bits per heavy atom. The van der Waals surface area contributed by atoms with Gasteiger partial charge in [0.25, 0.3) is 0 Å². The van der Waals surface area contributed by atoms with Gasteiger partial charge in [-0.2, -0.15) is 0 Å². The number of nitrogens with zero attached hydrogens (tertiary/aromatic N) is 1. The van der Waals surface area contributed by atoms with Gasteiger partial charge in [-0.25, -0.2) is 0 Å². The van der Waals surface area contributed by atoms with Crippen LogP contribution in [0, 0.1) is 7.43 Å². The van der Waals surface area contributed by atoms with E-state index in [9.17, 15) is 4.79 Å². The number of carbonyl (C=O) groups is 1. The van der Waals surface area contributed by atoms with Crippen molar-refractivity contribution in [3.05, 3.63) is 7.43 Å². The molecule has 0 radical (unpaired) electrons. The number of hydrogen-bond acceptors (Lipinski definition) is 1. The fraction of sp³-hybridized carbons (Fsp3) is 0.667. The van der Waals surface area contributed by atoms with E-state index in [1.165, 1.54) is 0 Å². The molecule has 3 nitrogen and oxygen atoms in total. The minimum Gasteiger partial charge on any atom is -0.358 e. The summed E-state index contributed by atoms with van der Waals surface area (Å²) in [6.45, 7) is 3.10. The average Bonchev–Trinajstić information content (AvgIpc) is 1.67. The summed E-state index contributed by atoms with van der Waals surface area (Å²) >= 11 is 0. The fourth-order valence-electron chi connectivity index (χ4n) is 0.395. The van der Waals surface area contributed by atoms with E-state index in [1.54, 1.807) is 18.9 Å². The number of amides is 1. The summed E-state index contributed by atoms with van der Waals surface area (Å²) in [4.78, 5) is 12.1. The largest absolute Gasteiger partial charge is 0.358 e. The Bertz CT molecular complexity index is 83.1. The molecule has 0 spiro atoms. The molecule has 0 atom stereocenters. The molecule has 0 aromatic heterocycles. The zero-order chi connectivity index (χ0) is 6.57. The van der Waals surface area contributed by atoms with Gasteiger partial charge in [0.15, 0.2) is 0 Å². The van der Waals surface area contributed by atoms with Crippen LogP contribution >= 0.6 is 0 Å². The number of likely N-dealkylation sites (N-methyl/N-ethyl adjacent to an activating group) is 1. The van der Waals surface area contributed by atoms with Gasteiger partial charge in [0.2, 0.25) is 5.91 Å². The highest BCUT2D eigenvalue weighted by Gasteiger charge is 1.98. The minimum atomic E-state index is 0. The number of hydrogen-bond donors (Lipinski definition) is 1. The molecule has 0 aromatic carbocycles. The highest BCUT2D eigenvalue weighted by Crippen LogP contribution is 1.77. The summed E-state index contributed by atoms with van der Waals surface area (Å²) in [6.07, 6.45) is 0. The van der Waals surface area contributed by atoms with Crippen molar-refractivity contribution in [2.75, 3.05) is 20.1 Å². The molecule has 0 fully saturated rings. The van der Waals surface area contributed by atoms with Crippen LogP contribution in [0.25, 0.3) is 0 Å². The van der Waals surface area contributed by atoms with Crippen LogP contribution in [0.2, 0.25) is 0 Å². The van der Waals surface area contributed by atoms with E-state index in [4.69, 9.17) is 0 Å². The van der Waals surface area contributed by atoms with Gasteiger partial charge in [0, 0.05) is 14.0 Å². The molecule has 0 heterocycles. The Labute approximate surface area is 56.8 Å². The Kier molecular flexibility index (Phi) is 6.96. The maximum Gasteiger partial charge on any atom is 0.219 e. The first kappa shape index (κ1) is 11.3. The van der Waals surface area contributed by atoms with E-state index < -0.39 is 0 Å². The monoisotopic (exact) mass is 132 g/mol. The summed E-state index contributed by atoms with van der Waals surface area (Å²) in [5, 5.41) is 0. The molecular weight excluding hydrogens is 116 g/mol. The van der Waals surface area contributed by atoms with Crippen LogP contribution in [-0.4, -0.2) is 30.9 Å². The molecule has 0 unspecified atom stereocenters. The first-order valence-electron chi connectivity index (χ1n) is 2.69.